The Morgan fingerprint density at radius 1 is 1.09 bits per heavy atom. The molecule has 2 aliphatic rings. The van der Waals surface area contributed by atoms with Crippen LogP contribution in [-0.2, 0) is 26.2 Å². The Morgan fingerprint density at radius 2 is 1.80 bits per heavy atom. The molecule has 4 heterocycles. The van der Waals surface area contributed by atoms with Crippen LogP contribution in [0, 0.1) is 11.8 Å². The molecule has 2 saturated heterocycles. The lowest BCUT2D eigenvalue weighted by molar-refractivity contribution is -0.142. The maximum Gasteiger partial charge on any atom is 0.410 e. The summed E-state index contributed by atoms with van der Waals surface area (Å²) in [6, 6.07) is 3.23. The third-order valence-corrected chi connectivity index (χ3v) is 7.72. The molecule has 0 aromatic carbocycles. The summed E-state index contributed by atoms with van der Waals surface area (Å²) < 4.78 is 16.7. The quantitative estimate of drug-likeness (QED) is 0.448. The van der Waals surface area contributed by atoms with Gasteiger partial charge < -0.3 is 33.9 Å². The molecule has 0 aliphatic carbocycles. The van der Waals surface area contributed by atoms with E-state index in [1.807, 2.05) is 67.5 Å². The predicted molar refractivity (Wildman–Crippen MR) is 170 cm³/mol. The second-order valence-electron chi connectivity index (χ2n) is 14.4. The van der Waals surface area contributed by atoms with Crippen molar-refractivity contribution in [1.29, 1.82) is 0 Å². The Hall–Kier alpha value is -3.67. The molecule has 3 amide bonds. The van der Waals surface area contributed by atoms with Crippen LogP contribution >= 0.6 is 0 Å². The standard InChI is InChI=1S/C33H50N6O6/c1-22(2)19-39(29(41)26-18-35-30(32(3,4)5)36-27(26)34-17-25-10-9-13-44-25)24-16-23(28(40)37-11-14-43-15-12-37)20-38(21-24)31(42)45-33(6,7)8/h9-10,13,18,22-24H,11-12,14-17,19-21H2,1-8H3,(H,34,35,36)/t23-,24+/m1/s1. The van der Waals surface area contributed by atoms with E-state index in [1.165, 1.54) is 0 Å². The summed E-state index contributed by atoms with van der Waals surface area (Å²) in [5.41, 5.74) is -0.729. The van der Waals surface area contributed by atoms with E-state index in [9.17, 15) is 14.4 Å². The highest BCUT2D eigenvalue weighted by Gasteiger charge is 2.41. The fraction of sp³-hybridized carbons (Fsp3) is 0.667. The maximum atomic E-state index is 14.5. The fourth-order valence-corrected chi connectivity index (χ4v) is 5.56. The molecule has 0 spiro atoms. The largest absolute Gasteiger partial charge is 0.467 e. The SMILES string of the molecule is CC(C)CN(C(=O)c1cnc(C(C)(C)C)nc1NCc1ccco1)[C@H]1C[C@@H](C(=O)N2CCOCC2)CN(C(=O)OC(C)(C)C)C1. The van der Waals surface area contributed by atoms with E-state index in [0.717, 1.165) is 0 Å². The van der Waals surface area contributed by atoms with Crippen LogP contribution in [0.3, 0.4) is 0 Å². The summed E-state index contributed by atoms with van der Waals surface area (Å²) in [7, 11) is 0. The Morgan fingerprint density at radius 3 is 2.40 bits per heavy atom. The third-order valence-electron chi connectivity index (χ3n) is 7.72. The number of hydrogen-bond donors (Lipinski definition) is 1. The van der Waals surface area contributed by atoms with E-state index in [2.05, 4.69) is 10.3 Å². The molecule has 0 saturated carbocycles. The summed E-state index contributed by atoms with van der Waals surface area (Å²) in [6.07, 6.45) is 3.10. The Labute approximate surface area is 266 Å². The van der Waals surface area contributed by atoms with Crippen molar-refractivity contribution in [2.45, 2.75) is 85.4 Å². The van der Waals surface area contributed by atoms with Crippen LogP contribution in [0.4, 0.5) is 10.6 Å². The number of morpholine rings is 1. The van der Waals surface area contributed by atoms with Gasteiger partial charge in [-0.2, -0.15) is 0 Å². The molecule has 2 aromatic rings. The first kappa shape index (κ1) is 34.2. The first-order chi connectivity index (χ1) is 21.1. The molecule has 2 fully saturated rings. The number of carbonyl (C=O) groups is 3. The van der Waals surface area contributed by atoms with E-state index in [0.29, 0.717) is 68.8 Å². The van der Waals surface area contributed by atoms with Crippen LogP contribution < -0.4 is 5.32 Å². The van der Waals surface area contributed by atoms with E-state index < -0.39 is 23.7 Å². The molecule has 0 unspecified atom stereocenters. The molecule has 0 radical (unpaired) electrons. The first-order valence-electron chi connectivity index (χ1n) is 15.9. The summed E-state index contributed by atoms with van der Waals surface area (Å²) in [4.78, 5) is 56.2. The fourth-order valence-electron chi connectivity index (χ4n) is 5.56. The number of rotatable bonds is 8. The molecule has 12 heteroatoms. The van der Waals surface area contributed by atoms with Gasteiger partial charge in [0.05, 0.1) is 38.0 Å². The van der Waals surface area contributed by atoms with Gasteiger partial charge in [0, 0.05) is 44.3 Å². The number of carbonyl (C=O) groups excluding carboxylic acids is 3. The van der Waals surface area contributed by atoms with Crippen LogP contribution in [0.15, 0.2) is 29.0 Å². The van der Waals surface area contributed by atoms with Gasteiger partial charge in [-0.05, 0) is 45.2 Å². The van der Waals surface area contributed by atoms with Gasteiger partial charge in [0.15, 0.2) is 0 Å². The number of aromatic nitrogens is 2. The van der Waals surface area contributed by atoms with Crippen molar-refractivity contribution in [2.75, 3.05) is 51.3 Å². The van der Waals surface area contributed by atoms with Gasteiger partial charge in [0.2, 0.25) is 5.91 Å². The number of amides is 3. The van der Waals surface area contributed by atoms with E-state index in [-0.39, 0.29) is 36.2 Å². The van der Waals surface area contributed by atoms with Gasteiger partial charge in [-0.3, -0.25) is 9.59 Å². The zero-order chi connectivity index (χ0) is 32.9. The molecule has 2 aliphatic heterocycles. The summed E-state index contributed by atoms with van der Waals surface area (Å²) in [5.74, 6) is 1.04. The van der Waals surface area contributed by atoms with Crippen molar-refractivity contribution in [2.24, 2.45) is 11.8 Å². The van der Waals surface area contributed by atoms with Crippen molar-refractivity contribution >= 4 is 23.7 Å². The summed E-state index contributed by atoms with van der Waals surface area (Å²) >= 11 is 0. The predicted octanol–water partition coefficient (Wildman–Crippen LogP) is 4.56. The monoisotopic (exact) mass is 626 g/mol. The van der Waals surface area contributed by atoms with E-state index in [4.69, 9.17) is 18.9 Å². The number of piperidine rings is 1. The lowest BCUT2D eigenvalue weighted by atomic mass is 9.91. The average molecular weight is 627 g/mol. The number of nitrogens with one attached hydrogen (secondary N) is 1. The number of anilines is 1. The Bertz CT molecular complexity index is 1310. The molecule has 248 valence electrons. The Balaban J connectivity index is 1.69. The molecule has 2 atom stereocenters. The minimum Gasteiger partial charge on any atom is -0.467 e. The molecular weight excluding hydrogens is 576 g/mol. The van der Waals surface area contributed by atoms with E-state index >= 15 is 0 Å². The van der Waals surface area contributed by atoms with Gasteiger partial charge in [0.1, 0.15) is 28.6 Å². The molecule has 12 nitrogen and oxygen atoms in total. The van der Waals surface area contributed by atoms with Crippen molar-refractivity contribution in [3.05, 3.63) is 41.7 Å². The summed E-state index contributed by atoms with van der Waals surface area (Å²) in [5, 5.41) is 3.29. The van der Waals surface area contributed by atoms with Crippen LogP contribution in [0.25, 0.3) is 0 Å². The van der Waals surface area contributed by atoms with Crippen molar-refractivity contribution in [1.82, 2.24) is 24.7 Å². The molecule has 1 N–H and O–H groups in total. The Kier molecular flexibility index (Phi) is 10.8. The number of ether oxygens (including phenoxy) is 2. The molecular formula is C33H50N6O6. The van der Waals surface area contributed by atoms with Gasteiger partial charge in [-0.25, -0.2) is 14.8 Å². The normalized spacial score (nSPS) is 19.4. The number of hydrogen-bond acceptors (Lipinski definition) is 9. The molecule has 2 aromatic heterocycles. The number of nitrogens with zero attached hydrogens (tertiary/aromatic N) is 5. The lowest BCUT2D eigenvalue weighted by Crippen LogP contribution is -2.58. The number of likely N-dealkylation sites (tertiary alicyclic amines) is 1. The van der Waals surface area contributed by atoms with Gasteiger partial charge >= 0.3 is 6.09 Å². The minimum atomic E-state index is -0.706. The lowest BCUT2D eigenvalue weighted by Gasteiger charge is -2.44. The van der Waals surface area contributed by atoms with Gasteiger partial charge in [-0.1, -0.05) is 34.6 Å². The highest BCUT2D eigenvalue weighted by atomic mass is 16.6. The van der Waals surface area contributed by atoms with Gasteiger partial charge in [0.25, 0.3) is 5.91 Å². The van der Waals surface area contributed by atoms with Crippen LogP contribution in [0.2, 0.25) is 0 Å². The van der Waals surface area contributed by atoms with Crippen LogP contribution in [-0.4, -0.2) is 100 Å². The van der Waals surface area contributed by atoms with Crippen LogP contribution in [0.1, 0.15) is 83.8 Å². The minimum absolute atomic E-state index is 0.0350. The van der Waals surface area contributed by atoms with Gasteiger partial charge in [-0.15, -0.1) is 0 Å². The number of furan rings is 1. The molecule has 4 rings (SSSR count). The maximum absolute atomic E-state index is 14.5. The zero-order valence-electron chi connectivity index (χ0n) is 28.1. The topological polar surface area (TPSA) is 130 Å². The summed E-state index contributed by atoms with van der Waals surface area (Å²) in [6.45, 7) is 18.8. The van der Waals surface area contributed by atoms with E-state index in [1.54, 1.807) is 27.2 Å². The van der Waals surface area contributed by atoms with Crippen molar-refractivity contribution in [3.63, 3.8) is 0 Å². The van der Waals surface area contributed by atoms with Crippen molar-refractivity contribution in [3.8, 4) is 0 Å². The van der Waals surface area contributed by atoms with Crippen LogP contribution in [0.5, 0.6) is 0 Å². The second kappa shape index (κ2) is 14.2. The second-order valence-corrected chi connectivity index (χ2v) is 14.4. The third kappa shape index (κ3) is 9.18. The molecule has 0 bridgehead atoms. The zero-order valence-corrected chi connectivity index (χ0v) is 28.1. The highest BCUT2D eigenvalue weighted by molar-refractivity contribution is 5.98. The average Bonchev–Trinajstić information content (AvgIpc) is 3.50. The first-order valence-corrected chi connectivity index (χ1v) is 15.9. The smallest absolute Gasteiger partial charge is 0.410 e. The highest BCUT2D eigenvalue weighted by Crippen LogP contribution is 2.29. The van der Waals surface area contributed by atoms with Crippen molar-refractivity contribution < 1.29 is 28.3 Å². The molecule has 45 heavy (non-hydrogen) atoms.